The van der Waals surface area contributed by atoms with Crippen LogP contribution in [0.3, 0.4) is 0 Å². The third kappa shape index (κ3) is 4.23. The van der Waals surface area contributed by atoms with Crippen LogP contribution in [-0.4, -0.2) is 31.3 Å². The van der Waals surface area contributed by atoms with Gasteiger partial charge >= 0.3 is 5.97 Å². The van der Waals surface area contributed by atoms with Gasteiger partial charge in [-0.15, -0.1) is 0 Å². The normalized spacial score (nSPS) is 13.8. The number of carbonyl (C=O) groups excluding carboxylic acids is 1. The second-order valence-corrected chi connectivity index (χ2v) is 4.27. The molecule has 0 aliphatic heterocycles. The summed E-state index contributed by atoms with van der Waals surface area (Å²) >= 11 is 0. The Morgan fingerprint density at radius 3 is 2.38 bits per heavy atom. The van der Waals surface area contributed by atoms with E-state index in [4.69, 9.17) is 4.55 Å². The Morgan fingerprint density at radius 1 is 1.54 bits per heavy atom. The van der Waals surface area contributed by atoms with E-state index >= 15 is 0 Å². The molecule has 0 heterocycles. The van der Waals surface area contributed by atoms with E-state index < -0.39 is 21.3 Å². The largest absolute Gasteiger partial charge is 0.468 e. The van der Waals surface area contributed by atoms with Crippen molar-refractivity contribution in [2.45, 2.75) is 31.4 Å². The molecule has 78 valence electrons. The van der Waals surface area contributed by atoms with Gasteiger partial charge in [0.2, 0.25) is 0 Å². The summed E-state index contributed by atoms with van der Waals surface area (Å²) in [5, 5.41) is -1.43. The minimum atomic E-state index is -4.32. The number of hydrogen-bond acceptors (Lipinski definition) is 4. The topological polar surface area (TPSA) is 80.7 Å². The van der Waals surface area contributed by atoms with E-state index in [0.29, 0.717) is 6.42 Å². The lowest BCUT2D eigenvalue weighted by Crippen LogP contribution is -2.30. The standard InChI is InChI=1S/C7H14O5S/c1-3-4-5-6(7(8)12-2)13(9,10)11/h6H,3-5H2,1-2H3,(H,9,10,11)/t6-/m1/s1. The van der Waals surface area contributed by atoms with Crippen LogP contribution in [-0.2, 0) is 19.6 Å². The number of hydrogen-bond donors (Lipinski definition) is 1. The Balaban J connectivity index is 4.47. The molecular formula is C7H14O5S. The molecule has 0 unspecified atom stereocenters. The van der Waals surface area contributed by atoms with Gasteiger partial charge in [0.05, 0.1) is 7.11 Å². The highest BCUT2D eigenvalue weighted by Gasteiger charge is 2.30. The highest BCUT2D eigenvalue weighted by Crippen LogP contribution is 2.10. The first-order valence-electron chi connectivity index (χ1n) is 3.97. The minimum absolute atomic E-state index is 0.0992. The average molecular weight is 210 g/mol. The van der Waals surface area contributed by atoms with E-state index in [1.807, 2.05) is 6.92 Å². The zero-order valence-corrected chi connectivity index (χ0v) is 8.50. The van der Waals surface area contributed by atoms with E-state index in [-0.39, 0.29) is 6.42 Å². The van der Waals surface area contributed by atoms with Gasteiger partial charge in [-0.1, -0.05) is 19.8 Å². The van der Waals surface area contributed by atoms with Gasteiger partial charge in [-0.2, -0.15) is 8.42 Å². The molecule has 1 N–H and O–H groups in total. The van der Waals surface area contributed by atoms with E-state index in [2.05, 4.69) is 4.74 Å². The third-order valence-corrected chi connectivity index (χ3v) is 2.79. The summed E-state index contributed by atoms with van der Waals surface area (Å²) < 4.78 is 34.3. The summed E-state index contributed by atoms with van der Waals surface area (Å²) in [6.45, 7) is 1.86. The van der Waals surface area contributed by atoms with Crippen molar-refractivity contribution in [1.82, 2.24) is 0 Å². The Morgan fingerprint density at radius 2 is 2.08 bits per heavy atom. The van der Waals surface area contributed by atoms with Crippen LogP contribution in [0.2, 0.25) is 0 Å². The quantitative estimate of drug-likeness (QED) is 0.531. The van der Waals surface area contributed by atoms with Crippen LogP contribution in [0.1, 0.15) is 26.2 Å². The second kappa shape index (κ2) is 5.18. The molecule has 0 aromatic rings. The van der Waals surface area contributed by atoms with Crippen LogP contribution in [0.15, 0.2) is 0 Å². The molecule has 5 nitrogen and oxygen atoms in total. The highest BCUT2D eigenvalue weighted by atomic mass is 32.2. The van der Waals surface area contributed by atoms with Gasteiger partial charge in [0, 0.05) is 0 Å². The molecule has 0 aliphatic rings. The molecule has 1 atom stereocenters. The number of unbranched alkanes of at least 4 members (excludes halogenated alkanes) is 1. The lowest BCUT2D eigenvalue weighted by molar-refractivity contribution is -0.140. The number of esters is 1. The molecule has 0 spiro atoms. The smallest absolute Gasteiger partial charge is 0.326 e. The maximum absolute atomic E-state index is 10.9. The summed E-state index contributed by atoms with van der Waals surface area (Å²) in [7, 11) is -3.23. The lowest BCUT2D eigenvalue weighted by atomic mass is 10.2. The zero-order valence-electron chi connectivity index (χ0n) is 7.69. The molecule has 0 amide bonds. The van der Waals surface area contributed by atoms with Gasteiger partial charge in [0.1, 0.15) is 0 Å². The van der Waals surface area contributed by atoms with Crippen molar-refractivity contribution in [2.75, 3.05) is 7.11 Å². The monoisotopic (exact) mass is 210 g/mol. The van der Waals surface area contributed by atoms with E-state index in [9.17, 15) is 13.2 Å². The summed E-state index contributed by atoms with van der Waals surface area (Å²) in [4.78, 5) is 10.9. The fourth-order valence-electron chi connectivity index (χ4n) is 0.909. The van der Waals surface area contributed by atoms with Crippen LogP contribution in [0.5, 0.6) is 0 Å². The Kier molecular flexibility index (Phi) is 4.94. The first-order chi connectivity index (χ1) is 5.93. The first-order valence-corrected chi connectivity index (χ1v) is 5.48. The van der Waals surface area contributed by atoms with Gasteiger partial charge < -0.3 is 4.74 Å². The first kappa shape index (κ1) is 12.4. The van der Waals surface area contributed by atoms with E-state index in [1.165, 1.54) is 0 Å². The minimum Gasteiger partial charge on any atom is -0.468 e. The molecule has 6 heteroatoms. The molecular weight excluding hydrogens is 196 g/mol. The van der Waals surface area contributed by atoms with Gasteiger partial charge in [-0.05, 0) is 6.42 Å². The molecule has 0 aromatic heterocycles. The Hall–Kier alpha value is -0.620. The number of carbonyl (C=O) groups is 1. The summed E-state index contributed by atoms with van der Waals surface area (Å²) in [5.74, 6) is -0.907. The van der Waals surface area contributed by atoms with Crippen molar-refractivity contribution >= 4 is 16.1 Å². The van der Waals surface area contributed by atoms with E-state index in [0.717, 1.165) is 13.5 Å². The predicted octanol–water partition coefficient (Wildman–Crippen LogP) is 0.606. The van der Waals surface area contributed by atoms with Crippen molar-refractivity contribution in [3.8, 4) is 0 Å². The van der Waals surface area contributed by atoms with Crippen LogP contribution in [0, 0.1) is 0 Å². The molecule has 0 saturated carbocycles. The fraction of sp³-hybridized carbons (Fsp3) is 0.857. The SMILES string of the molecule is CCCC[C@H](C(=O)OC)S(=O)(=O)O. The van der Waals surface area contributed by atoms with Gasteiger partial charge in [0.25, 0.3) is 10.1 Å². The number of methoxy groups -OCH3 is 1. The van der Waals surface area contributed by atoms with Crippen LogP contribution in [0.25, 0.3) is 0 Å². The summed E-state index contributed by atoms with van der Waals surface area (Å²) in [5.41, 5.74) is 0. The van der Waals surface area contributed by atoms with Gasteiger partial charge in [-0.3, -0.25) is 9.35 Å². The Labute approximate surface area is 77.8 Å². The predicted molar refractivity (Wildman–Crippen MR) is 46.9 cm³/mol. The van der Waals surface area contributed by atoms with Gasteiger partial charge in [0.15, 0.2) is 5.25 Å². The molecule has 0 rings (SSSR count). The summed E-state index contributed by atoms with van der Waals surface area (Å²) in [6, 6.07) is 0. The number of rotatable bonds is 5. The molecule has 0 aliphatic carbocycles. The van der Waals surface area contributed by atoms with Crippen molar-refractivity contribution in [2.24, 2.45) is 0 Å². The molecule has 0 saturated heterocycles. The van der Waals surface area contributed by atoms with Crippen LogP contribution >= 0.6 is 0 Å². The lowest BCUT2D eigenvalue weighted by Gasteiger charge is -2.09. The average Bonchev–Trinajstić information content (AvgIpc) is 2.02. The van der Waals surface area contributed by atoms with Gasteiger partial charge in [-0.25, -0.2) is 0 Å². The highest BCUT2D eigenvalue weighted by molar-refractivity contribution is 7.87. The Bertz CT molecular complexity index is 256. The molecule has 0 bridgehead atoms. The summed E-state index contributed by atoms with van der Waals surface area (Å²) in [6.07, 6.45) is 1.41. The van der Waals surface area contributed by atoms with Crippen molar-refractivity contribution in [3.63, 3.8) is 0 Å². The molecule has 0 aromatic carbocycles. The fourth-order valence-corrected chi connectivity index (χ4v) is 1.71. The zero-order chi connectivity index (χ0) is 10.5. The maximum atomic E-state index is 10.9. The molecule has 0 fully saturated rings. The molecule has 0 radical (unpaired) electrons. The molecule has 13 heavy (non-hydrogen) atoms. The van der Waals surface area contributed by atoms with Crippen LogP contribution < -0.4 is 0 Å². The van der Waals surface area contributed by atoms with Crippen molar-refractivity contribution in [3.05, 3.63) is 0 Å². The van der Waals surface area contributed by atoms with Crippen molar-refractivity contribution in [1.29, 1.82) is 0 Å². The third-order valence-electron chi connectivity index (χ3n) is 1.64. The van der Waals surface area contributed by atoms with Crippen LogP contribution in [0.4, 0.5) is 0 Å². The van der Waals surface area contributed by atoms with Crippen molar-refractivity contribution < 1.29 is 22.5 Å². The van der Waals surface area contributed by atoms with E-state index in [1.54, 1.807) is 0 Å². The second-order valence-electron chi connectivity index (χ2n) is 2.67. The maximum Gasteiger partial charge on any atom is 0.326 e. The number of ether oxygens (including phenoxy) is 1.